The molecule has 5 nitrogen and oxygen atoms in total. The minimum absolute atomic E-state index is 0.0373. The van der Waals surface area contributed by atoms with E-state index in [2.05, 4.69) is 15.0 Å². The van der Waals surface area contributed by atoms with Crippen LogP contribution in [-0.2, 0) is 10.0 Å². The first-order valence-corrected chi connectivity index (χ1v) is 7.73. The number of rotatable bonds is 7. The molecule has 18 heavy (non-hydrogen) atoms. The monoisotopic (exact) mass is 271 g/mol. The number of aromatic nitrogens is 1. The Labute approximate surface area is 109 Å². The van der Waals surface area contributed by atoms with Crippen LogP contribution in [0.1, 0.15) is 33.6 Å². The summed E-state index contributed by atoms with van der Waals surface area (Å²) in [6, 6.07) is 1.63. The van der Waals surface area contributed by atoms with E-state index >= 15 is 0 Å². The van der Waals surface area contributed by atoms with Gasteiger partial charge in [0.1, 0.15) is 4.90 Å². The topological polar surface area (TPSA) is 71.1 Å². The molecule has 0 amide bonds. The van der Waals surface area contributed by atoms with Crippen LogP contribution in [0.2, 0.25) is 0 Å². The summed E-state index contributed by atoms with van der Waals surface area (Å²) < 4.78 is 27.2. The van der Waals surface area contributed by atoms with Crippen molar-refractivity contribution in [2.24, 2.45) is 0 Å². The van der Waals surface area contributed by atoms with Crippen molar-refractivity contribution in [3.05, 3.63) is 18.5 Å². The molecule has 1 rings (SSSR count). The fourth-order valence-corrected chi connectivity index (χ4v) is 3.20. The lowest BCUT2D eigenvalue weighted by Gasteiger charge is -2.17. The van der Waals surface area contributed by atoms with Crippen LogP contribution >= 0.6 is 0 Å². The van der Waals surface area contributed by atoms with Gasteiger partial charge >= 0.3 is 0 Å². The molecule has 0 aliphatic heterocycles. The first-order chi connectivity index (χ1) is 8.55. The summed E-state index contributed by atoms with van der Waals surface area (Å²) in [6.45, 7) is 6.51. The van der Waals surface area contributed by atoms with Crippen molar-refractivity contribution in [2.75, 3.05) is 11.9 Å². The molecule has 0 aliphatic rings. The number of pyridine rings is 1. The fourth-order valence-electron chi connectivity index (χ4n) is 1.67. The summed E-state index contributed by atoms with van der Waals surface area (Å²) >= 11 is 0. The highest BCUT2D eigenvalue weighted by atomic mass is 32.2. The third kappa shape index (κ3) is 3.68. The molecular formula is C12H21N3O2S. The van der Waals surface area contributed by atoms with Crippen molar-refractivity contribution >= 4 is 15.7 Å². The summed E-state index contributed by atoms with van der Waals surface area (Å²) in [4.78, 5) is 4.10. The van der Waals surface area contributed by atoms with E-state index in [-0.39, 0.29) is 10.9 Å². The van der Waals surface area contributed by atoms with Gasteiger partial charge in [0, 0.05) is 25.0 Å². The highest BCUT2D eigenvalue weighted by Gasteiger charge is 2.21. The van der Waals surface area contributed by atoms with Crippen molar-refractivity contribution in [3.8, 4) is 0 Å². The second-order valence-corrected chi connectivity index (χ2v) is 5.72. The Balaban J connectivity index is 3.04. The average molecular weight is 271 g/mol. The lowest BCUT2D eigenvalue weighted by Crippen LogP contribution is -2.34. The Kier molecular flexibility index (Phi) is 5.55. The number of hydrogen-bond acceptors (Lipinski definition) is 4. The molecule has 1 aromatic rings. The van der Waals surface area contributed by atoms with Gasteiger partial charge in [-0.2, -0.15) is 0 Å². The van der Waals surface area contributed by atoms with Crippen molar-refractivity contribution in [1.82, 2.24) is 9.71 Å². The first kappa shape index (κ1) is 14.9. The summed E-state index contributed by atoms with van der Waals surface area (Å²) in [7, 11) is -3.51. The Bertz CT molecular complexity index is 470. The van der Waals surface area contributed by atoms with E-state index in [4.69, 9.17) is 0 Å². The Morgan fingerprint density at radius 1 is 1.28 bits per heavy atom. The van der Waals surface area contributed by atoms with Gasteiger partial charge in [0.25, 0.3) is 0 Å². The van der Waals surface area contributed by atoms with Crippen molar-refractivity contribution in [2.45, 2.75) is 44.6 Å². The first-order valence-electron chi connectivity index (χ1n) is 6.25. The molecule has 0 bridgehead atoms. The summed E-state index contributed by atoms with van der Waals surface area (Å²) in [5, 5.41) is 3.03. The van der Waals surface area contributed by atoms with E-state index in [1.54, 1.807) is 12.3 Å². The van der Waals surface area contributed by atoms with E-state index in [0.717, 1.165) is 12.8 Å². The van der Waals surface area contributed by atoms with E-state index in [9.17, 15) is 8.42 Å². The molecule has 0 fully saturated rings. The summed E-state index contributed by atoms with van der Waals surface area (Å²) in [5.74, 6) is 0. The van der Waals surface area contributed by atoms with Gasteiger partial charge in [-0.15, -0.1) is 0 Å². The maximum Gasteiger partial charge on any atom is 0.244 e. The number of hydrogen-bond donors (Lipinski definition) is 2. The minimum Gasteiger partial charge on any atom is -0.384 e. The van der Waals surface area contributed by atoms with Crippen molar-refractivity contribution in [3.63, 3.8) is 0 Å². The van der Waals surface area contributed by atoms with Gasteiger partial charge in [-0.25, -0.2) is 13.1 Å². The molecule has 102 valence electrons. The lowest BCUT2D eigenvalue weighted by molar-refractivity contribution is 0.530. The molecule has 0 atom stereocenters. The van der Waals surface area contributed by atoms with Crippen LogP contribution in [0, 0.1) is 0 Å². The van der Waals surface area contributed by atoms with Gasteiger partial charge in [-0.3, -0.25) is 4.98 Å². The van der Waals surface area contributed by atoms with Gasteiger partial charge in [-0.1, -0.05) is 13.8 Å². The zero-order chi connectivity index (χ0) is 13.6. The molecule has 0 aromatic carbocycles. The number of nitrogens with one attached hydrogen (secondary N) is 2. The van der Waals surface area contributed by atoms with Crippen LogP contribution in [0.25, 0.3) is 0 Å². The molecule has 0 unspecified atom stereocenters. The van der Waals surface area contributed by atoms with Crippen LogP contribution < -0.4 is 10.0 Å². The van der Waals surface area contributed by atoms with Crippen LogP contribution in [0.4, 0.5) is 5.69 Å². The quantitative estimate of drug-likeness (QED) is 0.795. The van der Waals surface area contributed by atoms with Crippen LogP contribution in [-0.4, -0.2) is 26.0 Å². The molecule has 0 saturated carbocycles. The molecule has 0 aliphatic carbocycles. The van der Waals surface area contributed by atoms with E-state index in [0.29, 0.717) is 12.2 Å². The highest BCUT2D eigenvalue weighted by Crippen LogP contribution is 2.20. The second-order valence-electron chi connectivity index (χ2n) is 4.04. The van der Waals surface area contributed by atoms with Crippen molar-refractivity contribution < 1.29 is 8.42 Å². The van der Waals surface area contributed by atoms with Gasteiger partial charge in [0.2, 0.25) is 10.0 Å². The highest BCUT2D eigenvalue weighted by molar-refractivity contribution is 7.89. The molecule has 0 saturated heterocycles. The third-order valence-corrected chi connectivity index (χ3v) is 4.30. The number of anilines is 1. The predicted octanol–water partition coefficient (Wildman–Crippen LogP) is 1.98. The maximum absolute atomic E-state index is 12.3. The van der Waals surface area contributed by atoms with Crippen LogP contribution in [0.15, 0.2) is 23.4 Å². The zero-order valence-electron chi connectivity index (χ0n) is 11.1. The average Bonchev–Trinajstić information content (AvgIpc) is 2.37. The molecule has 1 aromatic heterocycles. The maximum atomic E-state index is 12.3. The minimum atomic E-state index is -3.51. The Morgan fingerprint density at radius 3 is 2.50 bits per heavy atom. The van der Waals surface area contributed by atoms with E-state index < -0.39 is 10.0 Å². The molecule has 0 radical (unpaired) electrons. The van der Waals surface area contributed by atoms with Gasteiger partial charge in [0.05, 0.1) is 5.69 Å². The Hall–Kier alpha value is -1.14. The van der Waals surface area contributed by atoms with Crippen molar-refractivity contribution in [1.29, 1.82) is 0 Å². The molecule has 6 heteroatoms. The lowest BCUT2D eigenvalue weighted by atomic mass is 10.2. The molecule has 2 N–H and O–H groups in total. The van der Waals surface area contributed by atoms with Gasteiger partial charge < -0.3 is 5.32 Å². The number of sulfonamides is 1. The van der Waals surface area contributed by atoms with Gasteiger partial charge in [-0.05, 0) is 25.8 Å². The summed E-state index contributed by atoms with van der Waals surface area (Å²) in [6.07, 6.45) is 4.50. The summed E-state index contributed by atoms with van der Waals surface area (Å²) in [5.41, 5.74) is 0.589. The van der Waals surface area contributed by atoms with Gasteiger partial charge in [0.15, 0.2) is 0 Å². The second kappa shape index (κ2) is 6.70. The van der Waals surface area contributed by atoms with Crippen LogP contribution in [0.5, 0.6) is 0 Å². The normalized spacial score (nSPS) is 11.8. The van der Waals surface area contributed by atoms with E-state index in [1.165, 1.54) is 6.20 Å². The molecule has 1 heterocycles. The van der Waals surface area contributed by atoms with Crippen LogP contribution in [0.3, 0.4) is 0 Å². The largest absolute Gasteiger partial charge is 0.384 e. The Morgan fingerprint density at radius 2 is 1.94 bits per heavy atom. The standard InChI is InChI=1S/C12H21N3O2S/c1-4-10(5-2)15-18(16,17)12-9-13-8-7-11(12)14-6-3/h7-10,15H,4-6H2,1-3H3,(H,13,14). The zero-order valence-corrected chi connectivity index (χ0v) is 11.9. The third-order valence-electron chi connectivity index (χ3n) is 2.75. The predicted molar refractivity (Wildman–Crippen MR) is 73.1 cm³/mol. The molecule has 0 spiro atoms. The smallest absolute Gasteiger partial charge is 0.244 e. The fraction of sp³-hybridized carbons (Fsp3) is 0.583. The SMILES string of the molecule is CCNc1ccncc1S(=O)(=O)NC(CC)CC. The molecular weight excluding hydrogens is 250 g/mol. The van der Waals surface area contributed by atoms with E-state index in [1.807, 2.05) is 20.8 Å². The number of nitrogens with zero attached hydrogens (tertiary/aromatic N) is 1.